The van der Waals surface area contributed by atoms with E-state index in [1.807, 2.05) is 37.6 Å². The first-order valence-electron chi connectivity index (χ1n) is 7.76. The minimum Gasteiger partial charge on any atom is -0.387 e. The van der Waals surface area contributed by atoms with Crippen LogP contribution in [0.25, 0.3) is 0 Å². The Morgan fingerprint density at radius 2 is 2.22 bits per heavy atom. The van der Waals surface area contributed by atoms with Crippen molar-refractivity contribution >= 4 is 11.6 Å². The first-order chi connectivity index (χ1) is 11.0. The molecule has 1 saturated heterocycles. The molecule has 0 amide bonds. The van der Waals surface area contributed by atoms with Gasteiger partial charge in [0, 0.05) is 49.0 Å². The molecular weight excluding hydrogens is 314 g/mol. The first kappa shape index (κ1) is 16.5. The number of β-amino-alcohol motifs (C(OH)–C–C–N with tert-alkyl or cyclic N) is 1. The average Bonchev–Trinajstić information content (AvgIpc) is 2.95. The highest BCUT2D eigenvalue weighted by molar-refractivity contribution is 6.31. The molecule has 2 unspecified atom stereocenters. The summed E-state index contributed by atoms with van der Waals surface area (Å²) >= 11 is 6.18. The standard InChI is InChI=1S/C17H22ClN3O2/c1-17(13-9-19-20(2)10-13)12-21(7-8-23-17)11-16(22)14-5-3-4-6-15(14)18/h3-6,9-10,16,22H,7-8,11-12H2,1-2H3. The van der Waals surface area contributed by atoms with Crippen LogP contribution in [-0.4, -0.2) is 46.0 Å². The van der Waals surface area contributed by atoms with E-state index in [0.717, 1.165) is 17.7 Å². The number of aryl methyl sites for hydroxylation is 1. The van der Waals surface area contributed by atoms with E-state index in [0.29, 0.717) is 24.7 Å². The van der Waals surface area contributed by atoms with E-state index in [1.165, 1.54) is 0 Å². The van der Waals surface area contributed by atoms with Gasteiger partial charge in [0.05, 0.1) is 18.9 Å². The number of ether oxygens (including phenoxy) is 1. The lowest BCUT2D eigenvalue weighted by atomic mass is 9.96. The van der Waals surface area contributed by atoms with Gasteiger partial charge in [0.1, 0.15) is 5.60 Å². The van der Waals surface area contributed by atoms with E-state index in [4.69, 9.17) is 16.3 Å². The minimum absolute atomic E-state index is 0.410. The van der Waals surface area contributed by atoms with Gasteiger partial charge in [0.2, 0.25) is 0 Å². The second kappa shape index (κ2) is 6.61. The topological polar surface area (TPSA) is 50.5 Å². The van der Waals surface area contributed by atoms with Crippen LogP contribution < -0.4 is 0 Å². The molecule has 23 heavy (non-hydrogen) atoms. The molecule has 124 valence electrons. The maximum atomic E-state index is 10.5. The molecule has 1 fully saturated rings. The number of benzene rings is 1. The Labute approximate surface area is 141 Å². The van der Waals surface area contributed by atoms with Crippen molar-refractivity contribution < 1.29 is 9.84 Å². The normalized spacial score (nSPS) is 23.8. The summed E-state index contributed by atoms with van der Waals surface area (Å²) in [6.07, 6.45) is 3.21. The van der Waals surface area contributed by atoms with Crippen molar-refractivity contribution in [2.24, 2.45) is 7.05 Å². The van der Waals surface area contributed by atoms with Gasteiger partial charge in [-0.15, -0.1) is 0 Å². The van der Waals surface area contributed by atoms with E-state index < -0.39 is 11.7 Å². The second-order valence-corrected chi connectivity index (χ2v) is 6.66. The number of halogens is 1. The Hall–Kier alpha value is -1.40. The smallest absolute Gasteiger partial charge is 0.106 e. The van der Waals surface area contributed by atoms with Gasteiger partial charge in [0.15, 0.2) is 0 Å². The molecule has 1 N–H and O–H groups in total. The number of hydrogen-bond acceptors (Lipinski definition) is 4. The molecule has 2 aromatic rings. The van der Waals surface area contributed by atoms with Crippen LogP contribution in [0.5, 0.6) is 0 Å². The van der Waals surface area contributed by atoms with E-state index >= 15 is 0 Å². The average molecular weight is 336 g/mol. The fraction of sp³-hybridized carbons (Fsp3) is 0.471. The lowest BCUT2D eigenvalue weighted by Gasteiger charge is -2.40. The van der Waals surface area contributed by atoms with Gasteiger partial charge < -0.3 is 9.84 Å². The number of aliphatic hydroxyl groups excluding tert-OH is 1. The summed E-state index contributed by atoms with van der Waals surface area (Å²) in [7, 11) is 1.90. The predicted molar refractivity (Wildman–Crippen MR) is 89.4 cm³/mol. The van der Waals surface area contributed by atoms with Crippen molar-refractivity contribution in [2.75, 3.05) is 26.2 Å². The third-order valence-corrected chi connectivity index (χ3v) is 4.71. The Morgan fingerprint density at radius 1 is 1.43 bits per heavy atom. The van der Waals surface area contributed by atoms with Gasteiger partial charge in [0.25, 0.3) is 0 Å². The molecule has 0 aliphatic carbocycles. The van der Waals surface area contributed by atoms with E-state index in [2.05, 4.69) is 16.9 Å². The molecule has 5 nitrogen and oxygen atoms in total. The lowest BCUT2D eigenvalue weighted by molar-refractivity contribution is -0.109. The first-order valence-corrected chi connectivity index (χ1v) is 8.14. The number of hydrogen-bond donors (Lipinski definition) is 1. The SMILES string of the molecule is Cn1cc(C2(C)CN(CC(O)c3ccccc3Cl)CCO2)cn1. The lowest BCUT2D eigenvalue weighted by Crippen LogP contribution is -2.49. The van der Waals surface area contributed by atoms with Gasteiger partial charge in [-0.1, -0.05) is 29.8 Å². The highest BCUT2D eigenvalue weighted by Crippen LogP contribution is 2.30. The number of morpholine rings is 1. The molecule has 1 aromatic heterocycles. The number of aliphatic hydroxyl groups is 1. The maximum Gasteiger partial charge on any atom is 0.106 e. The molecule has 3 rings (SSSR count). The summed E-state index contributed by atoms with van der Waals surface area (Å²) in [5.74, 6) is 0. The number of nitrogens with zero attached hydrogens (tertiary/aromatic N) is 3. The summed E-state index contributed by atoms with van der Waals surface area (Å²) in [5.41, 5.74) is 1.41. The van der Waals surface area contributed by atoms with Crippen LogP contribution in [0.1, 0.15) is 24.2 Å². The zero-order chi connectivity index (χ0) is 16.4. The summed E-state index contributed by atoms with van der Waals surface area (Å²) in [6.45, 7) is 4.72. The molecule has 0 bridgehead atoms. The zero-order valence-corrected chi connectivity index (χ0v) is 14.2. The van der Waals surface area contributed by atoms with Crippen molar-refractivity contribution in [1.29, 1.82) is 0 Å². The minimum atomic E-state index is -0.611. The summed E-state index contributed by atoms with van der Waals surface area (Å²) < 4.78 is 7.78. The Morgan fingerprint density at radius 3 is 2.91 bits per heavy atom. The van der Waals surface area contributed by atoms with Crippen molar-refractivity contribution in [3.05, 3.63) is 52.8 Å². The van der Waals surface area contributed by atoms with Gasteiger partial charge in [-0.25, -0.2) is 0 Å². The Balaban J connectivity index is 1.70. The summed E-state index contributed by atoms with van der Waals surface area (Å²) in [6, 6.07) is 7.43. The van der Waals surface area contributed by atoms with Crippen molar-refractivity contribution in [3.8, 4) is 0 Å². The second-order valence-electron chi connectivity index (χ2n) is 6.25. The Bertz CT molecular complexity index is 675. The number of aromatic nitrogens is 2. The van der Waals surface area contributed by atoms with Gasteiger partial charge >= 0.3 is 0 Å². The van der Waals surface area contributed by atoms with Gasteiger partial charge in [-0.2, -0.15) is 5.10 Å². The highest BCUT2D eigenvalue weighted by atomic mass is 35.5. The highest BCUT2D eigenvalue weighted by Gasteiger charge is 2.35. The molecule has 0 saturated carbocycles. The van der Waals surface area contributed by atoms with Crippen LogP contribution in [-0.2, 0) is 17.4 Å². The van der Waals surface area contributed by atoms with E-state index in [-0.39, 0.29) is 0 Å². The predicted octanol–water partition coefficient (Wildman–Crippen LogP) is 2.35. The third kappa shape index (κ3) is 3.58. The van der Waals surface area contributed by atoms with Crippen LogP contribution in [0.2, 0.25) is 5.02 Å². The van der Waals surface area contributed by atoms with Crippen LogP contribution in [0, 0.1) is 0 Å². The molecule has 2 atom stereocenters. The van der Waals surface area contributed by atoms with E-state index in [9.17, 15) is 5.11 Å². The molecule has 0 spiro atoms. The third-order valence-electron chi connectivity index (χ3n) is 4.36. The van der Waals surface area contributed by atoms with Crippen LogP contribution in [0.3, 0.4) is 0 Å². The fourth-order valence-electron chi connectivity index (χ4n) is 3.06. The quantitative estimate of drug-likeness (QED) is 0.932. The van der Waals surface area contributed by atoms with Gasteiger partial charge in [-0.05, 0) is 13.0 Å². The molecular formula is C17H22ClN3O2. The zero-order valence-electron chi connectivity index (χ0n) is 13.4. The van der Waals surface area contributed by atoms with Crippen molar-refractivity contribution in [1.82, 2.24) is 14.7 Å². The van der Waals surface area contributed by atoms with Crippen molar-refractivity contribution in [3.63, 3.8) is 0 Å². The molecule has 6 heteroatoms. The van der Waals surface area contributed by atoms with E-state index in [1.54, 1.807) is 10.7 Å². The fourth-order valence-corrected chi connectivity index (χ4v) is 3.33. The molecule has 0 radical (unpaired) electrons. The molecule has 1 aliphatic rings. The number of rotatable bonds is 4. The van der Waals surface area contributed by atoms with Gasteiger partial charge in [-0.3, -0.25) is 9.58 Å². The maximum absolute atomic E-state index is 10.5. The van der Waals surface area contributed by atoms with Crippen LogP contribution in [0.4, 0.5) is 0 Å². The molecule has 1 aromatic carbocycles. The molecule has 2 heterocycles. The monoisotopic (exact) mass is 335 g/mol. The summed E-state index contributed by atoms with van der Waals surface area (Å²) in [4.78, 5) is 2.21. The molecule has 1 aliphatic heterocycles. The largest absolute Gasteiger partial charge is 0.387 e. The summed E-state index contributed by atoms with van der Waals surface area (Å²) in [5, 5.41) is 15.3. The Kier molecular flexibility index (Phi) is 4.73. The van der Waals surface area contributed by atoms with Crippen LogP contribution >= 0.6 is 11.6 Å². The van der Waals surface area contributed by atoms with Crippen LogP contribution in [0.15, 0.2) is 36.7 Å². The van der Waals surface area contributed by atoms with Crippen molar-refractivity contribution in [2.45, 2.75) is 18.6 Å².